The first-order chi connectivity index (χ1) is 15.8. The molecule has 4 rings (SSSR count). The maximum absolute atomic E-state index is 14.5. The van der Waals surface area contributed by atoms with Crippen LogP contribution < -0.4 is 4.74 Å². The van der Waals surface area contributed by atoms with Gasteiger partial charge in [0, 0.05) is 29.6 Å². The number of hydrogen-bond donors (Lipinski definition) is 0. The number of nitrogens with zero attached hydrogens (tertiary/aromatic N) is 3. The topological polar surface area (TPSA) is 56.6 Å². The van der Waals surface area contributed by atoms with Gasteiger partial charge in [0.05, 0.1) is 17.6 Å². The van der Waals surface area contributed by atoms with Crippen molar-refractivity contribution in [1.82, 2.24) is 9.80 Å². The van der Waals surface area contributed by atoms with Crippen molar-refractivity contribution in [2.24, 2.45) is 0 Å². The first kappa shape index (κ1) is 22.9. The second-order valence-corrected chi connectivity index (χ2v) is 9.22. The molecule has 0 unspecified atom stereocenters. The summed E-state index contributed by atoms with van der Waals surface area (Å²) >= 11 is 1.25. The van der Waals surface area contributed by atoms with Crippen molar-refractivity contribution in [3.8, 4) is 33.4 Å². The third-order valence-corrected chi connectivity index (χ3v) is 7.11. The molecule has 0 spiro atoms. The summed E-state index contributed by atoms with van der Waals surface area (Å²) in [4.78, 5) is 18.4. The minimum absolute atomic E-state index is 0.0610. The zero-order valence-electron chi connectivity index (χ0n) is 18.6. The van der Waals surface area contributed by atoms with Gasteiger partial charge in [0.25, 0.3) is 5.91 Å². The van der Waals surface area contributed by atoms with Crippen LogP contribution in [0.4, 0.5) is 8.78 Å². The smallest absolute Gasteiger partial charge is 0.264 e. The Morgan fingerprint density at radius 3 is 2.48 bits per heavy atom. The zero-order chi connectivity index (χ0) is 23.7. The Kier molecular flexibility index (Phi) is 6.45. The van der Waals surface area contributed by atoms with Crippen LogP contribution in [0.3, 0.4) is 0 Å². The molecule has 1 aromatic heterocycles. The summed E-state index contributed by atoms with van der Waals surface area (Å²) in [5.41, 5.74) is 1.62. The number of hydrogen-bond acceptors (Lipinski definition) is 5. The molecule has 3 aromatic rings. The number of likely N-dealkylation sites (tertiary alicyclic amines) is 1. The molecular formula is C25H23F2N3O2S. The number of nitriles is 1. The molecule has 0 N–H and O–H groups in total. The van der Waals surface area contributed by atoms with E-state index in [1.807, 2.05) is 25.1 Å². The minimum Gasteiger partial charge on any atom is -0.494 e. The predicted molar refractivity (Wildman–Crippen MR) is 124 cm³/mol. The van der Waals surface area contributed by atoms with Crippen molar-refractivity contribution in [2.45, 2.75) is 12.5 Å². The van der Waals surface area contributed by atoms with Crippen LogP contribution >= 0.6 is 11.3 Å². The van der Waals surface area contributed by atoms with Gasteiger partial charge >= 0.3 is 0 Å². The van der Waals surface area contributed by atoms with Crippen LogP contribution in [-0.4, -0.2) is 56.0 Å². The SMILES string of the molecule is COc1ccc(-c2sc(C(=O)N3CC[C@@H](N(C)C)C3)cc2-c2ccc(C#N)c(F)c2)cc1F. The lowest BCUT2D eigenvalue weighted by molar-refractivity contribution is 0.0788. The van der Waals surface area contributed by atoms with E-state index < -0.39 is 11.6 Å². The lowest BCUT2D eigenvalue weighted by Crippen LogP contribution is -2.34. The summed E-state index contributed by atoms with van der Waals surface area (Å²) in [6.07, 6.45) is 0.897. The second-order valence-electron chi connectivity index (χ2n) is 8.17. The molecule has 1 saturated heterocycles. The number of rotatable bonds is 5. The number of amides is 1. The van der Waals surface area contributed by atoms with Gasteiger partial charge in [-0.15, -0.1) is 11.3 Å². The Morgan fingerprint density at radius 1 is 1.15 bits per heavy atom. The summed E-state index contributed by atoms with van der Waals surface area (Å²) in [7, 11) is 5.39. The van der Waals surface area contributed by atoms with Crippen LogP contribution in [-0.2, 0) is 0 Å². The Balaban J connectivity index is 1.78. The highest BCUT2D eigenvalue weighted by molar-refractivity contribution is 7.18. The van der Waals surface area contributed by atoms with Crippen molar-refractivity contribution in [2.75, 3.05) is 34.3 Å². The van der Waals surface area contributed by atoms with Crippen LogP contribution in [0, 0.1) is 23.0 Å². The summed E-state index contributed by atoms with van der Waals surface area (Å²) in [5, 5.41) is 9.06. The molecule has 0 bridgehead atoms. The first-order valence-corrected chi connectivity index (χ1v) is 11.3. The zero-order valence-corrected chi connectivity index (χ0v) is 19.4. The summed E-state index contributed by atoms with van der Waals surface area (Å²) < 4.78 is 33.9. The quantitative estimate of drug-likeness (QED) is 0.529. The van der Waals surface area contributed by atoms with Gasteiger partial charge in [-0.1, -0.05) is 6.07 Å². The van der Waals surface area contributed by atoms with Crippen molar-refractivity contribution < 1.29 is 18.3 Å². The van der Waals surface area contributed by atoms with Gasteiger partial charge in [0.2, 0.25) is 0 Å². The Bertz CT molecular complexity index is 1250. The Labute approximate surface area is 195 Å². The molecule has 33 heavy (non-hydrogen) atoms. The summed E-state index contributed by atoms with van der Waals surface area (Å²) in [6, 6.07) is 12.7. The molecule has 5 nitrogen and oxygen atoms in total. The fourth-order valence-corrected chi connectivity index (χ4v) is 5.15. The van der Waals surface area contributed by atoms with E-state index >= 15 is 0 Å². The maximum atomic E-state index is 14.5. The number of benzene rings is 2. The van der Waals surface area contributed by atoms with Crippen LogP contribution in [0.2, 0.25) is 0 Å². The average molecular weight is 468 g/mol. The van der Waals surface area contributed by atoms with Crippen LogP contribution in [0.15, 0.2) is 42.5 Å². The highest BCUT2D eigenvalue weighted by atomic mass is 32.1. The van der Waals surface area contributed by atoms with Gasteiger partial charge in [-0.05, 0) is 68.0 Å². The first-order valence-electron chi connectivity index (χ1n) is 10.5. The van der Waals surface area contributed by atoms with Crippen LogP contribution in [0.25, 0.3) is 21.6 Å². The molecule has 1 atom stereocenters. The third kappa shape index (κ3) is 4.47. The highest BCUT2D eigenvalue weighted by Gasteiger charge is 2.30. The van der Waals surface area contributed by atoms with Gasteiger partial charge in [-0.3, -0.25) is 4.79 Å². The molecule has 0 saturated carbocycles. The second kappa shape index (κ2) is 9.30. The summed E-state index contributed by atoms with van der Waals surface area (Å²) in [5.74, 6) is -1.15. The number of carbonyl (C=O) groups excluding carboxylic acids is 1. The van der Waals surface area contributed by atoms with Crippen LogP contribution in [0.5, 0.6) is 5.75 Å². The fourth-order valence-electron chi connectivity index (χ4n) is 4.01. The molecule has 0 radical (unpaired) electrons. The number of thiophene rings is 1. The van der Waals surface area contributed by atoms with Crippen molar-refractivity contribution in [1.29, 1.82) is 5.26 Å². The predicted octanol–water partition coefficient (Wildman–Crippen LogP) is 5.02. The van der Waals surface area contributed by atoms with Gasteiger partial charge in [-0.2, -0.15) is 5.26 Å². The van der Waals surface area contributed by atoms with E-state index in [2.05, 4.69) is 4.90 Å². The number of carbonyl (C=O) groups is 1. The van der Waals surface area contributed by atoms with E-state index in [0.717, 1.165) is 6.42 Å². The standard InChI is InChI=1S/C25H23F2N3O2S/c1-29(2)18-8-9-30(14-18)25(31)23-12-19(15-4-5-17(13-28)20(26)10-15)24(33-23)16-6-7-22(32-3)21(27)11-16/h4-7,10-12,18H,8-9,14H2,1-3H3/t18-/m1/s1. The summed E-state index contributed by atoms with van der Waals surface area (Å²) in [6.45, 7) is 1.30. The van der Waals surface area contributed by atoms with Gasteiger partial charge in [-0.25, -0.2) is 8.78 Å². The van der Waals surface area contributed by atoms with Gasteiger partial charge < -0.3 is 14.5 Å². The maximum Gasteiger partial charge on any atom is 0.264 e. The molecule has 8 heteroatoms. The molecule has 2 heterocycles. The number of ether oxygens (including phenoxy) is 1. The Morgan fingerprint density at radius 2 is 1.88 bits per heavy atom. The van der Waals surface area contributed by atoms with Crippen molar-refractivity contribution in [3.63, 3.8) is 0 Å². The monoisotopic (exact) mass is 467 g/mol. The number of halogens is 2. The fraction of sp³-hybridized carbons (Fsp3) is 0.280. The van der Waals surface area contributed by atoms with E-state index in [1.165, 1.54) is 42.7 Å². The lowest BCUT2D eigenvalue weighted by atomic mass is 10.0. The number of methoxy groups -OCH3 is 1. The molecule has 1 amide bonds. The number of likely N-dealkylation sites (N-methyl/N-ethyl adjacent to an activating group) is 1. The molecule has 1 aliphatic rings. The van der Waals surface area contributed by atoms with Crippen LogP contribution in [0.1, 0.15) is 21.7 Å². The molecular weight excluding hydrogens is 444 g/mol. The molecule has 2 aromatic carbocycles. The van der Waals surface area contributed by atoms with E-state index in [1.54, 1.807) is 18.2 Å². The molecule has 1 fully saturated rings. The van der Waals surface area contributed by atoms with Crippen molar-refractivity contribution >= 4 is 17.2 Å². The van der Waals surface area contributed by atoms with Gasteiger partial charge in [0.1, 0.15) is 11.9 Å². The molecule has 1 aliphatic heterocycles. The normalized spacial score (nSPS) is 15.7. The third-order valence-electron chi connectivity index (χ3n) is 5.94. The minimum atomic E-state index is -0.644. The van der Waals surface area contributed by atoms with E-state index in [0.29, 0.717) is 45.6 Å². The van der Waals surface area contributed by atoms with Crippen molar-refractivity contribution in [3.05, 3.63) is 64.5 Å². The lowest BCUT2D eigenvalue weighted by Gasteiger charge is -2.20. The van der Waals surface area contributed by atoms with E-state index in [-0.39, 0.29) is 17.2 Å². The van der Waals surface area contributed by atoms with E-state index in [9.17, 15) is 13.6 Å². The Hall–Kier alpha value is -3.28. The molecule has 0 aliphatic carbocycles. The average Bonchev–Trinajstić information content (AvgIpc) is 3.47. The molecule has 170 valence electrons. The highest BCUT2D eigenvalue weighted by Crippen LogP contribution is 2.41. The van der Waals surface area contributed by atoms with Gasteiger partial charge in [0.15, 0.2) is 11.6 Å². The van der Waals surface area contributed by atoms with E-state index in [4.69, 9.17) is 10.00 Å². The largest absolute Gasteiger partial charge is 0.494 e.